The highest BCUT2D eigenvalue weighted by atomic mass is 32.1. The number of anilines is 1. The van der Waals surface area contributed by atoms with Crippen molar-refractivity contribution in [2.24, 2.45) is 5.10 Å². The minimum absolute atomic E-state index is 0.729. The van der Waals surface area contributed by atoms with Gasteiger partial charge in [0, 0.05) is 23.3 Å². The maximum Gasteiger partial charge on any atom is 0.203 e. The first-order chi connectivity index (χ1) is 15.3. The smallest absolute Gasteiger partial charge is 0.203 e. The normalized spacial score (nSPS) is 11.3. The summed E-state index contributed by atoms with van der Waals surface area (Å²) < 4.78 is 3.83. The van der Waals surface area contributed by atoms with E-state index in [2.05, 4.69) is 20.5 Å². The molecule has 3 heterocycles. The molecule has 0 spiro atoms. The molecule has 0 fully saturated rings. The van der Waals surface area contributed by atoms with E-state index < -0.39 is 0 Å². The molecule has 7 nitrogen and oxygen atoms in total. The van der Waals surface area contributed by atoms with Crippen LogP contribution in [0.3, 0.4) is 0 Å². The molecule has 1 N–H and O–H groups in total. The Hall–Kier alpha value is -4.04. The van der Waals surface area contributed by atoms with Crippen LogP contribution in [0.2, 0.25) is 0 Å². The summed E-state index contributed by atoms with van der Waals surface area (Å²) in [7, 11) is 0. The van der Waals surface area contributed by atoms with E-state index in [4.69, 9.17) is 5.10 Å². The van der Waals surface area contributed by atoms with E-state index in [0.29, 0.717) is 0 Å². The molecule has 5 rings (SSSR count). The van der Waals surface area contributed by atoms with Crippen molar-refractivity contribution < 1.29 is 0 Å². The third-order valence-electron chi connectivity index (χ3n) is 4.76. The third kappa shape index (κ3) is 3.88. The minimum Gasteiger partial charge on any atom is -0.290 e. The lowest BCUT2D eigenvalue weighted by Gasteiger charge is -2.08. The number of benzene rings is 2. The lowest BCUT2D eigenvalue weighted by Crippen LogP contribution is -2.06. The lowest BCUT2D eigenvalue weighted by molar-refractivity contribution is 0.811. The van der Waals surface area contributed by atoms with Crippen LogP contribution in [-0.2, 0) is 0 Å². The molecular weight excluding hydrogens is 406 g/mol. The lowest BCUT2D eigenvalue weighted by atomic mass is 10.2. The highest BCUT2D eigenvalue weighted by Gasteiger charge is 2.16. The van der Waals surface area contributed by atoms with Gasteiger partial charge in [0.05, 0.1) is 28.9 Å². The maximum atomic E-state index is 4.74. The van der Waals surface area contributed by atoms with Gasteiger partial charge in [0.2, 0.25) is 5.13 Å². The van der Waals surface area contributed by atoms with E-state index in [0.717, 1.165) is 39.2 Å². The zero-order valence-corrected chi connectivity index (χ0v) is 17.6. The van der Waals surface area contributed by atoms with Gasteiger partial charge < -0.3 is 0 Å². The third-order valence-corrected chi connectivity index (χ3v) is 5.51. The molecule has 0 atom stereocenters. The van der Waals surface area contributed by atoms with Crippen molar-refractivity contribution in [3.05, 3.63) is 96.0 Å². The van der Waals surface area contributed by atoms with Crippen LogP contribution >= 0.6 is 11.3 Å². The average molecular weight is 426 g/mol. The molecule has 31 heavy (non-hydrogen) atoms. The molecule has 0 saturated heterocycles. The van der Waals surface area contributed by atoms with Crippen LogP contribution in [-0.4, -0.2) is 30.5 Å². The van der Waals surface area contributed by atoms with Crippen molar-refractivity contribution in [1.82, 2.24) is 24.3 Å². The van der Waals surface area contributed by atoms with Crippen LogP contribution in [0.25, 0.3) is 22.8 Å². The Kier molecular flexibility index (Phi) is 5.12. The molecule has 0 saturated carbocycles. The molecular formula is C23H19N7S. The Balaban J connectivity index is 1.45. The zero-order chi connectivity index (χ0) is 21.0. The van der Waals surface area contributed by atoms with Crippen LogP contribution in [0.5, 0.6) is 0 Å². The van der Waals surface area contributed by atoms with Crippen molar-refractivity contribution in [3.63, 3.8) is 0 Å². The predicted octanol–water partition coefficient (Wildman–Crippen LogP) is 4.94. The van der Waals surface area contributed by atoms with Crippen LogP contribution in [0.4, 0.5) is 5.13 Å². The van der Waals surface area contributed by atoms with Crippen LogP contribution < -0.4 is 5.43 Å². The molecule has 3 aromatic heterocycles. The molecule has 2 aromatic carbocycles. The molecule has 0 unspecified atom stereocenters. The topological polar surface area (TPSA) is 72.9 Å². The van der Waals surface area contributed by atoms with Gasteiger partial charge >= 0.3 is 0 Å². The Bertz CT molecular complexity index is 1300. The second-order valence-electron chi connectivity index (χ2n) is 6.81. The number of aromatic nitrogens is 5. The highest BCUT2D eigenvalue weighted by molar-refractivity contribution is 7.14. The van der Waals surface area contributed by atoms with Gasteiger partial charge in [-0.3, -0.25) is 9.99 Å². The molecule has 152 valence electrons. The van der Waals surface area contributed by atoms with Gasteiger partial charge in [0.25, 0.3) is 0 Å². The first-order valence-electron chi connectivity index (χ1n) is 9.73. The van der Waals surface area contributed by atoms with Gasteiger partial charge in [-0.25, -0.2) is 14.6 Å². The van der Waals surface area contributed by atoms with Crippen molar-refractivity contribution in [3.8, 4) is 22.8 Å². The minimum atomic E-state index is 0.729. The molecule has 0 bridgehead atoms. The number of nitrogens with one attached hydrogen (secondary N) is 1. The quantitative estimate of drug-likeness (QED) is 0.309. The SMILES string of the molecule is Cc1nn(-c2ccccc2)c(-n2ccnc2)c1/C=N/Nc1nc(-c2ccccc2)cs1. The van der Waals surface area contributed by atoms with Crippen molar-refractivity contribution in [2.75, 3.05) is 5.43 Å². The van der Waals surface area contributed by atoms with E-state index >= 15 is 0 Å². The Morgan fingerprint density at radius 3 is 2.55 bits per heavy atom. The number of hydrogen-bond acceptors (Lipinski definition) is 6. The average Bonchev–Trinajstić information content (AvgIpc) is 3.56. The summed E-state index contributed by atoms with van der Waals surface area (Å²) in [6.07, 6.45) is 7.18. The standard InChI is InChI=1S/C23H19N7S/c1-17-20(14-25-27-23-26-21(15-31-23)18-8-4-2-5-9-18)22(29-13-12-24-16-29)30(28-17)19-10-6-3-7-11-19/h2-16H,1H3,(H,26,27)/b25-14+. The number of hydrazone groups is 1. The molecule has 5 aromatic rings. The van der Waals surface area contributed by atoms with Gasteiger partial charge in [-0.1, -0.05) is 48.5 Å². The molecule has 0 aliphatic carbocycles. The molecule has 0 aliphatic rings. The maximum absolute atomic E-state index is 4.74. The fourth-order valence-corrected chi connectivity index (χ4v) is 3.95. The number of para-hydroxylation sites is 1. The van der Waals surface area contributed by atoms with E-state index in [1.54, 1.807) is 18.7 Å². The number of imidazole rings is 1. The van der Waals surface area contributed by atoms with Crippen molar-refractivity contribution in [1.29, 1.82) is 0 Å². The van der Waals surface area contributed by atoms with Gasteiger partial charge in [-0.15, -0.1) is 11.3 Å². The van der Waals surface area contributed by atoms with E-state index in [1.807, 2.05) is 88.4 Å². The number of thiazole rings is 1. The molecule has 0 aliphatic heterocycles. The fraction of sp³-hybridized carbons (Fsp3) is 0.0435. The highest BCUT2D eigenvalue weighted by Crippen LogP contribution is 2.25. The van der Waals surface area contributed by atoms with Gasteiger partial charge in [0.15, 0.2) is 5.82 Å². The van der Waals surface area contributed by atoms with E-state index in [9.17, 15) is 0 Å². The zero-order valence-electron chi connectivity index (χ0n) is 16.8. The number of rotatable bonds is 6. The summed E-state index contributed by atoms with van der Waals surface area (Å²) >= 11 is 1.52. The monoisotopic (exact) mass is 425 g/mol. The molecule has 0 radical (unpaired) electrons. The number of nitrogens with zero attached hydrogens (tertiary/aromatic N) is 6. The first kappa shape index (κ1) is 19.0. The molecule has 0 amide bonds. The fourth-order valence-electron chi connectivity index (χ4n) is 3.28. The van der Waals surface area contributed by atoms with E-state index in [1.165, 1.54) is 11.3 Å². The van der Waals surface area contributed by atoms with Crippen LogP contribution in [0.15, 0.2) is 89.9 Å². The number of aryl methyl sites for hydroxylation is 1. The largest absolute Gasteiger partial charge is 0.290 e. The predicted molar refractivity (Wildman–Crippen MR) is 124 cm³/mol. The second kappa shape index (κ2) is 8.37. The van der Waals surface area contributed by atoms with Gasteiger partial charge in [-0.05, 0) is 19.1 Å². The summed E-state index contributed by atoms with van der Waals surface area (Å²) in [6, 6.07) is 20.1. The van der Waals surface area contributed by atoms with Crippen LogP contribution in [0, 0.1) is 6.92 Å². The van der Waals surface area contributed by atoms with E-state index in [-0.39, 0.29) is 0 Å². The Morgan fingerprint density at radius 2 is 1.81 bits per heavy atom. The summed E-state index contributed by atoms with van der Waals surface area (Å²) in [4.78, 5) is 8.81. The van der Waals surface area contributed by atoms with Gasteiger partial charge in [-0.2, -0.15) is 10.2 Å². The first-order valence-corrected chi connectivity index (χ1v) is 10.6. The summed E-state index contributed by atoms with van der Waals surface area (Å²) in [6.45, 7) is 1.97. The Morgan fingerprint density at radius 1 is 1.03 bits per heavy atom. The van der Waals surface area contributed by atoms with Gasteiger partial charge in [0.1, 0.15) is 6.33 Å². The Labute approximate surface area is 183 Å². The van der Waals surface area contributed by atoms with Crippen molar-refractivity contribution in [2.45, 2.75) is 6.92 Å². The molecule has 8 heteroatoms. The number of hydrogen-bond donors (Lipinski definition) is 1. The second-order valence-corrected chi connectivity index (χ2v) is 7.67. The summed E-state index contributed by atoms with van der Waals surface area (Å²) in [5.74, 6) is 0.871. The summed E-state index contributed by atoms with van der Waals surface area (Å²) in [5.41, 5.74) is 7.78. The van der Waals surface area contributed by atoms with Crippen LogP contribution in [0.1, 0.15) is 11.3 Å². The summed E-state index contributed by atoms with van der Waals surface area (Å²) in [5, 5.41) is 11.9. The van der Waals surface area contributed by atoms with Crippen molar-refractivity contribution >= 4 is 22.7 Å².